The molecule has 0 amide bonds. The standard InChI is InChI=1S/C10H23N.C6H3N3O7/c1-8(2)10(9(3)4)7-11(5)6;10-6-4(8(13)14)1-3(7(11)12)2-5(6)9(15)16/h8-10H,7H2,1-6H3;1-2,10H. The summed E-state index contributed by atoms with van der Waals surface area (Å²) in [6, 6.07) is 0.894. The Labute approximate surface area is 157 Å². The molecule has 0 heterocycles. The first-order valence-corrected chi connectivity index (χ1v) is 8.24. The first-order valence-electron chi connectivity index (χ1n) is 8.24. The molecule has 0 radical (unpaired) electrons. The Kier molecular flexibility index (Phi) is 9.28. The molecule has 0 aliphatic rings. The summed E-state index contributed by atoms with van der Waals surface area (Å²) in [5.74, 6) is 1.24. The lowest BCUT2D eigenvalue weighted by molar-refractivity contribution is -0.404. The zero-order valence-electron chi connectivity index (χ0n) is 16.3. The number of hydrogen-bond donors (Lipinski definition) is 1. The van der Waals surface area contributed by atoms with Gasteiger partial charge in [-0.25, -0.2) is 0 Å². The average molecular weight is 386 g/mol. The van der Waals surface area contributed by atoms with E-state index in [0.29, 0.717) is 12.1 Å². The predicted octanol–water partition coefficient (Wildman–Crippen LogP) is 3.59. The summed E-state index contributed by atoms with van der Waals surface area (Å²) >= 11 is 0. The maximum Gasteiger partial charge on any atom is 0.324 e. The molecule has 0 aliphatic carbocycles. The molecule has 0 atom stereocenters. The van der Waals surface area contributed by atoms with Crippen molar-refractivity contribution in [2.24, 2.45) is 17.8 Å². The molecule has 0 bridgehead atoms. The third-order valence-corrected chi connectivity index (χ3v) is 3.95. The monoisotopic (exact) mass is 386 g/mol. The van der Waals surface area contributed by atoms with E-state index in [1.54, 1.807) is 0 Å². The molecule has 0 saturated carbocycles. The molecular formula is C16H26N4O7. The van der Waals surface area contributed by atoms with Gasteiger partial charge in [0.25, 0.3) is 11.4 Å². The quantitative estimate of drug-likeness (QED) is 0.551. The van der Waals surface area contributed by atoms with Gasteiger partial charge in [0, 0.05) is 6.54 Å². The highest BCUT2D eigenvalue weighted by Gasteiger charge is 2.30. The van der Waals surface area contributed by atoms with E-state index in [9.17, 15) is 30.3 Å². The van der Waals surface area contributed by atoms with Crippen LogP contribution in [-0.4, -0.2) is 45.4 Å². The summed E-state index contributed by atoms with van der Waals surface area (Å²) in [6.45, 7) is 10.5. The SMILES string of the molecule is CC(C)C(CN(C)C)C(C)C.O=[N+]([O-])c1cc([N+](=O)[O-])c(O)c([N+](=O)[O-])c1. The van der Waals surface area contributed by atoms with Crippen LogP contribution in [0, 0.1) is 48.1 Å². The molecule has 0 saturated heterocycles. The Balaban J connectivity index is 0.000000541. The molecule has 11 nitrogen and oxygen atoms in total. The van der Waals surface area contributed by atoms with Gasteiger partial charge in [0.1, 0.15) is 0 Å². The molecule has 1 aromatic carbocycles. The lowest BCUT2D eigenvalue weighted by atomic mass is 9.85. The summed E-state index contributed by atoms with van der Waals surface area (Å²) < 4.78 is 0. The zero-order valence-corrected chi connectivity index (χ0v) is 16.3. The van der Waals surface area contributed by atoms with Crippen LogP contribution < -0.4 is 0 Å². The van der Waals surface area contributed by atoms with Crippen molar-refractivity contribution in [2.45, 2.75) is 27.7 Å². The van der Waals surface area contributed by atoms with Crippen molar-refractivity contribution in [1.82, 2.24) is 4.90 Å². The minimum atomic E-state index is -1.21. The highest BCUT2D eigenvalue weighted by molar-refractivity contribution is 5.64. The van der Waals surface area contributed by atoms with Gasteiger partial charge in [-0.05, 0) is 31.8 Å². The lowest BCUT2D eigenvalue weighted by Crippen LogP contribution is -2.28. The second-order valence-corrected chi connectivity index (χ2v) is 7.02. The Hall–Kier alpha value is -2.82. The fourth-order valence-electron chi connectivity index (χ4n) is 2.59. The van der Waals surface area contributed by atoms with E-state index in [2.05, 4.69) is 46.7 Å². The van der Waals surface area contributed by atoms with Gasteiger partial charge in [-0.3, -0.25) is 30.3 Å². The van der Waals surface area contributed by atoms with Crippen molar-refractivity contribution in [1.29, 1.82) is 0 Å². The van der Waals surface area contributed by atoms with Crippen LogP contribution in [0.4, 0.5) is 17.1 Å². The molecule has 0 aromatic heterocycles. The first kappa shape index (κ1) is 24.2. The van der Waals surface area contributed by atoms with Gasteiger partial charge < -0.3 is 10.0 Å². The summed E-state index contributed by atoms with van der Waals surface area (Å²) in [6.07, 6.45) is 0. The molecule has 0 spiro atoms. The molecule has 0 fully saturated rings. The molecular weight excluding hydrogens is 360 g/mol. The van der Waals surface area contributed by atoms with E-state index in [-0.39, 0.29) is 0 Å². The third kappa shape index (κ3) is 7.52. The lowest BCUT2D eigenvalue weighted by Gasteiger charge is -2.27. The van der Waals surface area contributed by atoms with Crippen molar-refractivity contribution in [3.63, 3.8) is 0 Å². The van der Waals surface area contributed by atoms with Crippen molar-refractivity contribution in [2.75, 3.05) is 20.6 Å². The van der Waals surface area contributed by atoms with Crippen LogP contribution in [0.1, 0.15) is 27.7 Å². The molecule has 1 rings (SSSR count). The first-order chi connectivity index (χ1) is 12.3. The molecule has 0 aliphatic heterocycles. The summed E-state index contributed by atoms with van der Waals surface area (Å²) in [7, 11) is 4.30. The fourth-order valence-corrected chi connectivity index (χ4v) is 2.59. The van der Waals surface area contributed by atoms with Crippen LogP contribution in [0.2, 0.25) is 0 Å². The van der Waals surface area contributed by atoms with Crippen LogP contribution in [0.15, 0.2) is 12.1 Å². The highest BCUT2D eigenvalue weighted by atomic mass is 16.6. The van der Waals surface area contributed by atoms with E-state index in [1.807, 2.05) is 0 Å². The Morgan fingerprint density at radius 3 is 1.44 bits per heavy atom. The van der Waals surface area contributed by atoms with E-state index in [1.165, 1.54) is 6.54 Å². The number of aromatic hydroxyl groups is 1. The van der Waals surface area contributed by atoms with Gasteiger partial charge in [-0.15, -0.1) is 0 Å². The largest absolute Gasteiger partial charge is 0.497 e. The normalized spacial score (nSPS) is 10.9. The van der Waals surface area contributed by atoms with E-state index < -0.39 is 37.6 Å². The molecule has 11 heteroatoms. The maximum atomic E-state index is 10.4. The van der Waals surface area contributed by atoms with Crippen molar-refractivity contribution >= 4 is 17.1 Å². The van der Waals surface area contributed by atoms with Gasteiger partial charge in [-0.1, -0.05) is 27.7 Å². The van der Waals surface area contributed by atoms with Gasteiger partial charge in [0.15, 0.2) is 0 Å². The second kappa shape index (κ2) is 10.4. The number of nitrogens with zero attached hydrogens (tertiary/aromatic N) is 4. The number of rotatable bonds is 7. The molecule has 152 valence electrons. The second-order valence-electron chi connectivity index (χ2n) is 7.02. The number of nitro benzene ring substituents is 3. The van der Waals surface area contributed by atoms with Crippen molar-refractivity contribution in [3.8, 4) is 5.75 Å². The Morgan fingerprint density at radius 1 is 0.889 bits per heavy atom. The average Bonchev–Trinajstić information content (AvgIpc) is 2.51. The summed E-state index contributed by atoms with van der Waals surface area (Å²) in [4.78, 5) is 30.1. The number of phenolic OH excluding ortho intramolecular Hbond substituents is 1. The molecule has 1 aromatic rings. The van der Waals surface area contributed by atoms with Gasteiger partial charge >= 0.3 is 11.4 Å². The zero-order chi connectivity index (χ0) is 21.5. The van der Waals surface area contributed by atoms with Gasteiger partial charge in [0.05, 0.1) is 26.9 Å². The van der Waals surface area contributed by atoms with Crippen molar-refractivity contribution in [3.05, 3.63) is 42.5 Å². The minimum absolute atomic E-state index is 0.447. The maximum absolute atomic E-state index is 10.4. The number of phenols is 1. The highest BCUT2D eigenvalue weighted by Crippen LogP contribution is 2.38. The summed E-state index contributed by atoms with van der Waals surface area (Å²) in [5, 5.41) is 40.2. The number of benzene rings is 1. The van der Waals surface area contributed by atoms with Gasteiger partial charge in [0.2, 0.25) is 0 Å². The minimum Gasteiger partial charge on any atom is -0.497 e. The molecule has 1 N–H and O–H groups in total. The number of hydrogen-bond acceptors (Lipinski definition) is 8. The van der Waals surface area contributed by atoms with Crippen LogP contribution in [0.3, 0.4) is 0 Å². The number of nitro groups is 3. The van der Waals surface area contributed by atoms with Gasteiger partial charge in [-0.2, -0.15) is 0 Å². The smallest absolute Gasteiger partial charge is 0.324 e. The Morgan fingerprint density at radius 2 is 1.26 bits per heavy atom. The topological polar surface area (TPSA) is 153 Å². The predicted molar refractivity (Wildman–Crippen MR) is 99.8 cm³/mol. The molecule has 27 heavy (non-hydrogen) atoms. The van der Waals surface area contributed by atoms with Crippen LogP contribution in [0.5, 0.6) is 5.75 Å². The Bertz CT molecular complexity index is 646. The third-order valence-electron chi connectivity index (χ3n) is 3.95. The van der Waals surface area contributed by atoms with Crippen LogP contribution in [0.25, 0.3) is 0 Å². The van der Waals surface area contributed by atoms with E-state index >= 15 is 0 Å². The summed E-state index contributed by atoms with van der Waals surface area (Å²) in [5.41, 5.74) is -3.00. The van der Waals surface area contributed by atoms with E-state index in [4.69, 9.17) is 5.11 Å². The van der Waals surface area contributed by atoms with Crippen molar-refractivity contribution < 1.29 is 19.9 Å². The van der Waals surface area contributed by atoms with E-state index in [0.717, 1.165) is 17.8 Å². The van der Waals surface area contributed by atoms with Crippen LogP contribution >= 0.6 is 0 Å². The van der Waals surface area contributed by atoms with Crippen LogP contribution in [-0.2, 0) is 0 Å². The number of non-ortho nitro benzene ring substituents is 1. The fraction of sp³-hybridized carbons (Fsp3) is 0.625. The molecule has 0 unspecified atom stereocenters.